The highest BCUT2D eigenvalue weighted by Crippen LogP contribution is 2.32. The first-order valence-electron chi connectivity index (χ1n) is 12.4. The van der Waals surface area contributed by atoms with Crippen LogP contribution in [0.5, 0.6) is 5.75 Å². The monoisotopic (exact) mass is 555 g/mol. The SMILES string of the molecule is CCOC(=O)[C@@H](Cc1cc2ccnc(N)c2cc1OC)N1CC[C@H](N(c2ccc(N(C)C)nc2)S(=O)[O-])C1=O. The predicted octanol–water partition coefficient (Wildman–Crippen LogP) is 1.66. The van der Waals surface area contributed by atoms with Gasteiger partial charge in [-0.05, 0) is 54.6 Å². The number of methoxy groups -OCH3 is 1. The molecule has 0 spiro atoms. The van der Waals surface area contributed by atoms with Crippen LogP contribution in [0, 0.1) is 0 Å². The molecule has 3 heterocycles. The summed E-state index contributed by atoms with van der Waals surface area (Å²) >= 11 is -2.76. The number of esters is 1. The molecule has 0 radical (unpaired) electrons. The summed E-state index contributed by atoms with van der Waals surface area (Å²) < 4.78 is 36.5. The van der Waals surface area contributed by atoms with Gasteiger partial charge in [-0.3, -0.25) is 13.3 Å². The average Bonchev–Trinajstić information content (AvgIpc) is 3.27. The molecule has 208 valence electrons. The normalized spacial score (nSPS) is 16.7. The highest BCUT2D eigenvalue weighted by atomic mass is 32.2. The Balaban J connectivity index is 1.66. The number of amides is 1. The van der Waals surface area contributed by atoms with Crippen LogP contribution in [-0.4, -0.2) is 81.9 Å². The standard InChI is InChI=1S/C26H32N6O6S/c1-5-38-26(34)21(13-17-12-16-8-10-28-24(27)19(16)14-22(17)37-4)31-11-9-20(25(31)33)32(39(35)36)18-6-7-23(29-15-18)30(2)3/h6-8,10,12,14-15,20-21H,5,9,11,13H2,1-4H3,(H2,27,28)(H,35,36)/p-1/t20-,21+/m0/s1. The minimum Gasteiger partial charge on any atom is -0.755 e. The molecule has 0 aliphatic carbocycles. The molecule has 1 aliphatic rings. The predicted molar refractivity (Wildman–Crippen MR) is 147 cm³/mol. The second-order valence-electron chi connectivity index (χ2n) is 9.20. The molecule has 3 aromatic rings. The van der Waals surface area contributed by atoms with Crippen LogP contribution in [0.1, 0.15) is 18.9 Å². The van der Waals surface area contributed by atoms with Crippen molar-refractivity contribution in [3.05, 3.63) is 48.3 Å². The lowest BCUT2D eigenvalue weighted by atomic mass is 10.00. The first kappa shape index (κ1) is 28.0. The summed E-state index contributed by atoms with van der Waals surface area (Å²) in [6.07, 6.45) is 3.28. The summed E-state index contributed by atoms with van der Waals surface area (Å²) in [5, 5.41) is 1.50. The number of hydrogen-bond donors (Lipinski definition) is 1. The van der Waals surface area contributed by atoms with Gasteiger partial charge in [0.1, 0.15) is 29.5 Å². The molecule has 39 heavy (non-hydrogen) atoms. The fourth-order valence-corrected chi connectivity index (χ4v) is 5.43. The van der Waals surface area contributed by atoms with Gasteiger partial charge < -0.3 is 29.6 Å². The number of pyridine rings is 2. The third kappa shape index (κ3) is 5.73. The van der Waals surface area contributed by atoms with Crippen molar-refractivity contribution in [1.82, 2.24) is 14.9 Å². The summed E-state index contributed by atoms with van der Waals surface area (Å²) in [4.78, 5) is 38.4. The Morgan fingerprint density at radius 2 is 2.05 bits per heavy atom. The largest absolute Gasteiger partial charge is 0.755 e. The fourth-order valence-electron chi connectivity index (χ4n) is 4.74. The van der Waals surface area contributed by atoms with Crippen LogP contribution in [-0.2, 0) is 32.0 Å². The molecule has 1 aliphatic heterocycles. The molecule has 3 atom stereocenters. The number of carbonyl (C=O) groups is 2. The van der Waals surface area contributed by atoms with Gasteiger partial charge in [0.15, 0.2) is 0 Å². The number of rotatable bonds is 10. The molecule has 1 fully saturated rings. The van der Waals surface area contributed by atoms with Gasteiger partial charge in [-0.25, -0.2) is 14.8 Å². The molecule has 2 N–H and O–H groups in total. The van der Waals surface area contributed by atoms with E-state index in [9.17, 15) is 18.4 Å². The molecule has 4 rings (SSSR count). The van der Waals surface area contributed by atoms with Crippen LogP contribution in [0.2, 0.25) is 0 Å². The maximum Gasteiger partial charge on any atom is 0.329 e. The van der Waals surface area contributed by atoms with Crippen molar-refractivity contribution >= 4 is 51.2 Å². The van der Waals surface area contributed by atoms with Crippen LogP contribution >= 0.6 is 0 Å². The van der Waals surface area contributed by atoms with Crippen LogP contribution in [0.4, 0.5) is 17.3 Å². The van der Waals surface area contributed by atoms with Crippen molar-refractivity contribution in [1.29, 1.82) is 0 Å². The highest BCUT2D eigenvalue weighted by molar-refractivity contribution is 7.80. The number of anilines is 3. The smallest absolute Gasteiger partial charge is 0.329 e. The van der Waals surface area contributed by atoms with E-state index in [4.69, 9.17) is 15.2 Å². The first-order valence-corrected chi connectivity index (χ1v) is 13.4. The van der Waals surface area contributed by atoms with Gasteiger partial charge in [-0.15, -0.1) is 0 Å². The lowest BCUT2D eigenvalue weighted by Crippen LogP contribution is -2.49. The Kier molecular flexibility index (Phi) is 8.51. The summed E-state index contributed by atoms with van der Waals surface area (Å²) in [6.45, 7) is 1.97. The number of carbonyl (C=O) groups excluding carboxylic acids is 2. The first-order chi connectivity index (χ1) is 18.7. The van der Waals surface area contributed by atoms with E-state index in [1.54, 1.807) is 42.3 Å². The molecule has 13 heteroatoms. The van der Waals surface area contributed by atoms with Crippen LogP contribution in [0.25, 0.3) is 10.8 Å². The molecule has 2 aromatic heterocycles. The molecular formula is C26H31N6O6S-. The zero-order chi connectivity index (χ0) is 28.3. The minimum absolute atomic E-state index is 0.0954. The molecule has 0 saturated carbocycles. The lowest BCUT2D eigenvalue weighted by Gasteiger charge is -2.32. The number of nitrogens with zero attached hydrogens (tertiary/aromatic N) is 5. The quantitative estimate of drug-likeness (QED) is 0.288. The molecular weight excluding hydrogens is 524 g/mol. The number of aromatic nitrogens is 2. The van der Waals surface area contributed by atoms with Crippen LogP contribution in [0.3, 0.4) is 0 Å². The second-order valence-corrected chi connectivity index (χ2v) is 10.0. The molecule has 1 aromatic carbocycles. The Hall–Kier alpha value is -3.97. The van der Waals surface area contributed by atoms with E-state index < -0.39 is 35.2 Å². The Labute approximate surface area is 229 Å². The maximum atomic E-state index is 13.7. The van der Waals surface area contributed by atoms with Crippen molar-refractivity contribution in [2.75, 3.05) is 49.3 Å². The van der Waals surface area contributed by atoms with Crippen molar-refractivity contribution in [2.45, 2.75) is 31.8 Å². The highest BCUT2D eigenvalue weighted by Gasteiger charge is 2.43. The summed E-state index contributed by atoms with van der Waals surface area (Å²) in [5.41, 5.74) is 6.94. The van der Waals surface area contributed by atoms with E-state index in [0.29, 0.717) is 28.3 Å². The average molecular weight is 556 g/mol. The van der Waals surface area contributed by atoms with Crippen molar-refractivity contribution in [3.63, 3.8) is 0 Å². The van der Waals surface area contributed by atoms with Gasteiger partial charge in [0.25, 0.3) is 0 Å². The van der Waals surface area contributed by atoms with Gasteiger partial charge in [-0.1, -0.05) is 0 Å². The number of ether oxygens (including phenoxy) is 2. The third-order valence-electron chi connectivity index (χ3n) is 6.64. The molecule has 1 unspecified atom stereocenters. The number of nitrogen functional groups attached to an aromatic ring is 1. The second kappa shape index (κ2) is 11.8. The Morgan fingerprint density at radius 3 is 2.67 bits per heavy atom. The van der Waals surface area contributed by atoms with E-state index in [1.807, 2.05) is 20.2 Å². The minimum atomic E-state index is -2.76. The summed E-state index contributed by atoms with van der Waals surface area (Å²) in [6, 6.07) is 6.62. The van der Waals surface area contributed by atoms with Gasteiger partial charge in [0.2, 0.25) is 5.91 Å². The number of benzene rings is 1. The van der Waals surface area contributed by atoms with Crippen molar-refractivity contribution in [2.24, 2.45) is 0 Å². The lowest BCUT2D eigenvalue weighted by molar-refractivity contribution is -0.153. The maximum absolute atomic E-state index is 13.7. The zero-order valence-electron chi connectivity index (χ0n) is 22.2. The number of likely N-dealkylation sites (tertiary alicyclic amines) is 1. The van der Waals surface area contributed by atoms with E-state index in [2.05, 4.69) is 9.97 Å². The van der Waals surface area contributed by atoms with E-state index in [1.165, 1.54) is 18.2 Å². The fraction of sp³-hybridized carbons (Fsp3) is 0.385. The van der Waals surface area contributed by atoms with E-state index in [0.717, 1.165) is 9.69 Å². The van der Waals surface area contributed by atoms with Gasteiger partial charge in [0.05, 0.1) is 25.6 Å². The van der Waals surface area contributed by atoms with Gasteiger partial charge >= 0.3 is 5.97 Å². The molecule has 1 saturated heterocycles. The summed E-state index contributed by atoms with van der Waals surface area (Å²) in [5.74, 6) is 0.375. The Bertz CT molecular complexity index is 1390. The Morgan fingerprint density at radius 1 is 1.28 bits per heavy atom. The number of fused-ring (bicyclic) bond motifs is 1. The van der Waals surface area contributed by atoms with Gasteiger partial charge in [-0.2, -0.15) is 0 Å². The molecule has 0 bridgehead atoms. The van der Waals surface area contributed by atoms with E-state index >= 15 is 0 Å². The van der Waals surface area contributed by atoms with Crippen LogP contribution in [0.15, 0.2) is 42.7 Å². The van der Waals surface area contributed by atoms with Crippen molar-refractivity contribution in [3.8, 4) is 5.75 Å². The van der Waals surface area contributed by atoms with Gasteiger partial charge in [0, 0.05) is 49.9 Å². The molecule has 12 nitrogen and oxygen atoms in total. The van der Waals surface area contributed by atoms with Crippen LogP contribution < -0.4 is 19.7 Å². The van der Waals surface area contributed by atoms with E-state index in [-0.39, 0.29) is 31.7 Å². The molecule has 1 amide bonds. The van der Waals surface area contributed by atoms with Crippen molar-refractivity contribution < 1.29 is 27.8 Å². The number of nitrogens with two attached hydrogens (primary N) is 1. The summed E-state index contributed by atoms with van der Waals surface area (Å²) in [7, 11) is 5.14. The third-order valence-corrected chi connectivity index (χ3v) is 7.43. The number of hydrogen-bond acceptors (Lipinski definition) is 10. The topological polar surface area (TPSA) is 154 Å². The zero-order valence-corrected chi connectivity index (χ0v) is 23.0.